The number of fused-ring (bicyclic) bond motifs is 1. The highest BCUT2D eigenvalue weighted by Gasteiger charge is 2.35. The molecule has 2 heterocycles. The molecule has 0 aliphatic carbocycles. The van der Waals surface area contributed by atoms with E-state index >= 15 is 0 Å². The standard InChI is InChI=1S/C32H43N5O4S/c1-6-10-14-19-41-26-18-17-23(21-27(26)40-9-4)29-28(30(38)34-24-15-12-13-16-25(24)39-8-3)22(5)33-31-35-32(36-37(29)31)42-20-11-7-2/h12-13,15-18,21,29H,6-11,14,19-20H2,1-5H3,(H,34,38)(H,33,35,36). The van der Waals surface area contributed by atoms with Crippen LogP contribution in [-0.2, 0) is 4.79 Å². The van der Waals surface area contributed by atoms with Crippen molar-refractivity contribution in [1.82, 2.24) is 14.8 Å². The van der Waals surface area contributed by atoms with Gasteiger partial charge in [0.15, 0.2) is 11.5 Å². The first-order chi connectivity index (χ1) is 20.5. The van der Waals surface area contributed by atoms with Gasteiger partial charge in [0.1, 0.15) is 11.8 Å². The molecule has 0 spiro atoms. The third kappa shape index (κ3) is 7.59. The fourth-order valence-corrected chi connectivity index (χ4v) is 5.67. The number of thioether (sulfide) groups is 1. The maximum absolute atomic E-state index is 14.0. The fraction of sp³-hybridized carbons (Fsp3) is 0.469. The predicted molar refractivity (Wildman–Crippen MR) is 169 cm³/mol. The maximum atomic E-state index is 14.0. The van der Waals surface area contributed by atoms with E-state index in [1.165, 1.54) is 0 Å². The van der Waals surface area contributed by atoms with Crippen molar-refractivity contribution >= 4 is 29.3 Å². The summed E-state index contributed by atoms with van der Waals surface area (Å²) >= 11 is 1.62. The van der Waals surface area contributed by atoms with Gasteiger partial charge in [-0.15, -0.1) is 5.10 Å². The van der Waals surface area contributed by atoms with E-state index in [9.17, 15) is 4.79 Å². The number of amides is 1. The van der Waals surface area contributed by atoms with Crippen LogP contribution in [-0.4, -0.2) is 46.2 Å². The minimum Gasteiger partial charge on any atom is -0.492 e. The van der Waals surface area contributed by atoms with E-state index in [4.69, 9.17) is 24.3 Å². The van der Waals surface area contributed by atoms with Gasteiger partial charge >= 0.3 is 0 Å². The summed E-state index contributed by atoms with van der Waals surface area (Å²) in [4.78, 5) is 18.8. The second-order valence-electron chi connectivity index (χ2n) is 10.0. The molecule has 1 aliphatic rings. The van der Waals surface area contributed by atoms with Crippen LogP contribution in [0.15, 0.2) is 58.9 Å². The highest BCUT2D eigenvalue weighted by atomic mass is 32.2. The molecule has 1 atom stereocenters. The lowest BCUT2D eigenvalue weighted by atomic mass is 9.94. The predicted octanol–water partition coefficient (Wildman–Crippen LogP) is 7.46. The number of anilines is 2. The molecule has 226 valence electrons. The molecule has 1 unspecified atom stereocenters. The Morgan fingerprint density at radius 1 is 0.952 bits per heavy atom. The van der Waals surface area contributed by atoms with Gasteiger partial charge in [0.05, 0.1) is 31.1 Å². The quantitative estimate of drug-likeness (QED) is 0.130. The van der Waals surface area contributed by atoms with Gasteiger partial charge in [-0.1, -0.05) is 63.1 Å². The molecule has 2 aromatic carbocycles. The topological polar surface area (TPSA) is 99.5 Å². The van der Waals surface area contributed by atoms with E-state index in [2.05, 4.69) is 24.5 Å². The van der Waals surface area contributed by atoms with Crippen molar-refractivity contribution in [3.8, 4) is 17.2 Å². The largest absolute Gasteiger partial charge is 0.492 e. The summed E-state index contributed by atoms with van der Waals surface area (Å²) in [5.41, 5.74) is 2.69. The summed E-state index contributed by atoms with van der Waals surface area (Å²) in [7, 11) is 0. The summed E-state index contributed by atoms with van der Waals surface area (Å²) in [5.74, 6) is 3.22. The first kappa shape index (κ1) is 31.3. The zero-order valence-electron chi connectivity index (χ0n) is 25.4. The van der Waals surface area contributed by atoms with Crippen molar-refractivity contribution in [2.24, 2.45) is 0 Å². The molecule has 0 bridgehead atoms. The van der Waals surface area contributed by atoms with Gasteiger partial charge in [0, 0.05) is 11.4 Å². The van der Waals surface area contributed by atoms with Crippen LogP contribution in [0.2, 0.25) is 0 Å². The second-order valence-corrected chi connectivity index (χ2v) is 11.1. The third-order valence-electron chi connectivity index (χ3n) is 6.83. The Labute approximate surface area is 253 Å². The molecule has 1 amide bonds. The molecule has 9 nitrogen and oxygen atoms in total. The number of para-hydroxylation sites is 2. The Balaban J connectivity index is 1.74. The first-order valence-corrected chi connectivity index (χ1v) is 16.0. The van der Waals surface area contributed by atoms with Crippen molar-refractivity contribution in [3.63, 3.8) is 0 Å². The minimum atomic E-state index is -0.540. The van der Waals surface area contributed by atoms with Gasteiger partial charge in [-0.25, -0.2) is 4.68 Å². The lowest BCUT2D eigenvalue weighted by molar-refractivity contribution is -0.113. The van der Waals surface area contributed by atoms with Crippen LogP contribution in [0.5, 0.6) is 17.2 Å². The second kappa shape index (κ2) is 15.5. The molecule has 0 fully saturated rings. The first-order valence-electron chi connectivity index (χ1n) is 15.0. The average Bonchev–Trinajstić information content (AvgIpc) is 3.38. The van der Waals surface area contributed by atoms with Gasteiger partial charge < -0.3 is 24.8 Å². The SMILES string of the molecule is CCCCCOc1ccc(C2C(C(=O)Nc3ccccc3OCC)=C(C)Nc3nc(SCCCC)nn32)cc1OCC. The van der Waals surface area contributed by atoms with Gasteiger partial charge in [-0.05, 0) is 63.4 Å². The molecular formula is C32H43N5O4S. The van der Waals surface area contributed by atoms with E-state index in [0.29, 0.717) is 65.1 Å². The van der Waals surface area contributed by atoms with Crippen LogP contribution in [0, 0.1) is 0 Å². The maximum Gasteiger partial charge on any atom is 0.255 e. The van der Waals surface area contributed by atoms with Gasteiger partial charge in [0.2, 0.25) is 11.1 Å². The Morgan fingerprint density at radius 3 is 2.48 bits per heavy atom. The van der Waals surface area contributed by atoms with E-state index in [0.717, 1.165) is 43.4 Å². The summed E-state index contributed by atoms with van der Waals surface area (Å²) in [5, 5.41) is 11.9. The van der Waals surface area contributed by atoms with Crippen LogP contribution in [0.1, 0.15) is 78.3 Å². The van der Waals surface area contributed by atoms with Crippen LogP contribution < -0.4 is 24.8 Å². The molecule has 0 radical (unpaired) electrons. The fourth-order valence-electron chi connectivity index (χ4n) is 4.76. The van der Waals surface area contributed by atoms with Crippen LogP contribution in [0.25, 0.3) is 0 Å². The van der Waals surface area contributed by atoms with Crippen molar-refractivity contribution in [1.29, 1.82) is 0 Å². The number of benzene rings is 2. The summed E-state index contributed by atoms with van der Waals surface area (Å²) < 4.78 is 19.7. The zero-order chi connectivity index (χ0) is 29.9. The van der Waals surface area contributed by atoms with E-state index in [1.54, 1.807) is 16.4 Å². The summed E-state index contributed by atoms with van der Waals surface area (Å²) in [6.45, 7) is 11.7. The number of hydrogen-bond donors (Lipinski definition) is 2. The lowest BCUT2D eigenvalue weighted by Crippen LogP contribution is -2.31. The Kier molecular flexibility index (Phi) is 11.6. The van der Waals surface area contributed by atoms with Gasteiger partial charge in [-0.2, -0.15) is 4.98 Å². The number of nitrogens with zero attached hydrogens (tertiary/aromatic N) is 3. The number of carbonyl (C=O) groups excluding carboxylic acids is 1. The molecule has 3 aromatic rings. The van der Waals surface area contributed by atoms with Crippen molar-refractivity contribution < 1.29 is 19.0 Å². The molecule has 4 rings (SSSR count). The Bertz CT molecular complexity index is 1370. The molecule has 0 saturated carbocycles. The number of carbonyl (C=O) groups is 1. The van der Waals surface area contributed by atoms with E-state index in [1.807, 2.05) is 63.2 Å². The highest BCUT2D eigenvalue weighted by molar-refractivity contribution is 7.99. The molecule has 0 saturated heterocycles. The summed E-state index contributed by atoms with van der Waals surface area (Å²) in [6, 6.07) is 12.8. The molecule has 1 aliphatic heterocycles. The third-order valence-corrected chi connectivity index (χ3v) is 7.75. The minimum absolute atomic E-state index is 0.253. The number of allylic oxidation sites excluding steroid dienone is 1. The van der Waals surface area contributed by atoms with Gasteiger partial charge in [0.25, 0.3) is 5.91 Å². The normalized spacial score (nSPS) is 14.3. The number of ether oxygens (including phenoxy) is 3. The Hall–Kier alpha value is -3.66. The Morgan fingerprint density at radius 2 is 1.71 bits per heavy atom. The lowest BCUT2D eigenvalue weighted by Gasteiger charge is -2.29. The molecule has 10 heteroatoms. The number of nitrogens with one attached hydrogen (secondary N) is 2. The number of aromatic nitrogens is 3. The van der Waals surface area contributed by atoms with Crippen molar-refractivity contribution in [2.75, 3.05) is 36.2 Å². The molecule has 42 heavy (non-hydrogen) atoms. The number of hydrogen-bond acceptors (Lipinski definition) is 8. The number of unbranched alkanes of at least 4 members (excludes halogenated alkanes) is 3. The van der Waals surface area contributed by atoms with E-state index < -0.39 is 6.04 Å². The highest BCUT2D eigenvalue weighted by Crippen LogP contribution is 2.40. The van der Waals surface area contributed by atoms with Crippen molar-refractivity contribution in [2.45, 2.75) is 77.9 Å². The smallest absolute Gasteiger partial charge is 0.255 e. The zero-order valence-corrected chi connectivity index (χ0v) is 26.2. The number of rotatable bonds is 16. The van der Waals surface area contributed by atoms with E-state index in [-0.39, 0.29) is 5.91 Å². The summed E-state index contributed by atoms with van der Waals surface area (Å²) in [6.07, 6.45) is 5.39. The van der Waals surface area contributed by atoms with Crippen LogP contribution >= 0.6 is 11.8 Å². The van der Waals surface area contributed by atoms with Gasteiger partial charge in [-0.3, -0.25) is 4.79 Å². The molecular weight excluding hydrogens is 550 g/mol. The van der Waals surface area contributed by atoms with Crippen LogP contribution in [0.3, 0.4) is 0 Å². The average molecular weight is 594 g/mol. The molecule has 2 N–H and O–H groups in total. The van der Waals surface area contributed by atoms with Crippen molar-refractivity contribution in [3.05, 3.63) is 59.3 Å². The van der Waals surface area contributed by atoms with Crippen LogP contribution in [0.4, 0.5) is 11.6 Å². The monoisotopic (exact) mass is 593 g/mol. The molecule has 1 aromatic heterocycles.